The van der Waals surface area contributed by atoms with E-state index in [2.05, 4.69) is 4.98 Å². The molecule has 0 spiro atoms. The highest BCUT2D eigenvalue weighted by Crippen LogP contribution is 2.17. The second kappa shape index (κ2) is 3.47. The number of carbonyl (C=O) groups excluding carboxylic acids is 1. The van der Waals surface area contributed by atoms with Crippen LogP contribution in [0.25, 0.3) is 0 Å². The molecule has 0 aliphatic rings. The Balaban J connectivity index is 3.19. The molecule has 0 aliphatic heterocycles. The highest BCUT2D eigenvalue weighted by atomic mass is 19.3. The molecule has 1 aromatic heterocycles. The molecular formula is C8H8F2N2O. The zero-order valence-corrected chi connectivity index (χ0v) is 6.92. The largest absolute Gasteiger partial charge is 0.364 e. The Morgan fingerprint density at radius 3 is 2.62 bits per heavy atom. The van der Waals surface area contributed by atoms with Crippen molar-refractivity contribution < 1.29 is 13.6 Å². The molecule has 5 heteroatoms. The molecule has 2 N–H and O–H groups in total. The summed E-state index contributed by atoms with van der Waals surface area (Å²) in [6, 6.07) is 2.59. The lowest BCUT2D eigenvalue weighted by Crippen LogP contribution is -2.14. The number of carbonyl (C=O) groups is 1. The molecule has 1 rings (SSSR count). The van der Waals surface area contributed by atoms with E-state index in [4.69, 9.17) is 5.73 Å². The number of nitrogens with two attached hydrogens (primary N) is 1. The van der Waals surface area contributed by atoms with Crippen molar-refractivity contribution in [3.63, 3.8) is 0 Å². The normalized spacial score (nSPS) is 10.5. The fourth-order valence-corrected chi connectivity index (χ4v) is 0.932. The summed E-state index contributed by atoms with van der Waals surface area (Å²) >= 11 is 0. The zero-order valence-electron chi connectivity index (χ0n) is 6.92. The van der Waals surface area contributed by atoms with Gasteiger partial charge in [0.1, 0.15) is 11.4 Å². The molecule has 0 aromatic carbocycles. The van der Waals surface area contributed by atoms with Crippen LogP contribution in [0.3, 0.4) is 0 Å². The van der Waals surface area contributed by atoms with Gasteiger partial charge in [0.25, 0.3) is 12.3 Å². The molecule has 0 fully saturated rings. The molecular weight excluding hydrogens is 178 g/mol. The Labute approximate surface area is 73.6 Å². The van der Waals surface area contributed by atoms with Gasteiger partial charge in [-0.25, -0.2) is 13.8 Å². The van der Waals surface area contributed by atoms with Crippen molar-refractivity contribution in [2.45, 2.75) is 13.3 Å². The first-order chi connectivity index (χ1) is 6.00. The summed E-state index contributed by atoms with van der Waals surface area (Å²) in [5.74, 6) is -0.800. The van der Waals surface area contributed by atoms with Crippen LogP contribution in [0.15, 0.2) is 12.1 Å². The van der Waals surface area contributed by atoms with E-state index in [0.717, 1.165) is 0 Å². The topological polar surface area (TPSA) is 56.0 Å². The van der Waals surface area contributed by atoms with E-state index in [0.29, 0.717) is 5.56 Å². The zero-order chi connectivity index (χ0) is 10.0. The Kier molecular flexibility index (Phi) is 2.55. The number of hydrogen-bond acceptors (Lipinski definition) is 2. The Morgan fingerprint density at radius 2 is 2.15 bits per heavy atom. The highest BCUT2D eigenvalue weighted by Gasteiger charge is 2.12. The maximum absolute atomic E-state index is 12.2. The van der Waals surface area contributed by atoms with Gasteiger partial charge in [-0.05, 0) is 24.6 Å². The Hall–Kier alpha value is -1.52. The Bertz CT molecular complexity index is 339. The van der Waals surface area contributed by atoms with E-state index in [-0.39, 0.29) is 5.69 Å². The number of halogens is 2. The van der Waals surface area contributed by atoms with Gasteiger partial charge in [-0.15, -0.1) is 0 Å². The van der Waals surface area contributed by atoms with Gasteiger partial charge in [0.15, 0.2) is 0 Å². The SMILES string of the molecule is Cc1cc(C(N)=O)nc(C(F)F)c1. The fraction of sp³-hybridized carbons (Fsp3) is 0.250. The number of rotatable bonds is 2. The number of hydrogen-bond donors (Lipinski definition) is 1. The minimum atomic E-state index is -2.68. The van der Waals surface area contributed by atoms with Gasteiger partial charge in [-0.1, -0.05) is 0 Å². The predicted octanol–water partition coefficient (Wildman–Crippen LogP) is 1.43. The lowest BCUT2D eigenvalue weighted by molar-refractivity contribution is 0.0993. The average Bonchev–Trinajstić information content (AvgIpc) is 2.03. The van der Waals surface area contributed by atoms with Crippen molar-refractivity contribution in [2.24, 2.45) is 5.73 Å². The summed E-state index contributed by atoms with van der Waals surface area (Å²) in [5, 5.41) is 0. The van der Waals surface area contributed by atoms with E-state index < -0.39 is 18.0 Å². The first-order valence-corrected chi connectivity index (χ1v) is 3.57. The van der Waals surface area contributed by atoms with Gasteiger partial charge in [-0.2, -0.15) is 0 Å². The fourth-order valence-electron chi connectivity index (χ4n) is 0.932. The van der Waals surface area contributed by atoms with Crippen molar-refractivity contribution >= 4 is 5.91 Å². The van der Waals surface area contributed by atoms with Crippen LogP contribution >= 0.6 is 0 Å². The van der Waals surface area contributed by atoms with E-state index >= 15 is 0 Å². The van der Waals surface area contributed by atoms with Gasteiger partial charge in [-0.3, -0.25) is 4.79 Å². The standard InChI is InChI=1S/C8H8F2N2O/c1-4-2-5(7(9)10)12-6(3-4)8(11)13/h2-3,7H,1H3,(H2,11,13). The third-order valence-electron chi connectivity index (χ3n) is 1.47. The third-order valence-corrected chi connectivity index (χ3v) is 1.47. The Morgan fingerprint density at radius 1 is 1.54 bits per heavy atom. The van der Waals surface area contributed by atoms with E-state index in [1.54, 1.807) is 6.92 Å². The van der Waals surface area contributed by atoms with Crippen LogP contribution in [0.1, 0.15) is 28.2 Å². The number of primary amides is 1. The van der Waals surface area contributed by atoms with E-state index in [1.807, 2.05) is 0 Å². The first-order valence-electron chi connectivity index (χ1n) is 3.57. The molecule has 1 heterocycles. The van der Waals surface area contributed by atoms with Crippen LogP contribution in [0.2, 0.25) is 0 Å². The average molecular weight is 186 g/mol. The molecule has 0 atom stereocenters. The molecule has 0 unspecified atom stereocenters. The summed E-state index contributed by atoms with van der Waals surface area (Å²) in [6.45, 7) is 1.60. The maximum Gasteiger partial charge on any atom is 0.280 e. The summed E-state index contributed by atoms with van der Waals surface area (Å²) in [4.78, 5) is 14.1. The molecule has 0 aliphatic carbocycles. The lowest BCUT2D eigenvalue weighted by Gasteiger charge is -2.02. The maximum atomic E-state index is 12.2. The summed E-state index contributed by atoms with van der Waals surface area (Å²) in [5.41, 5.74) is 4.89. The highest BCUT2D eigenvalue weighted by molar-refractivity contribution is 5.90. The van der Waals surface area contributed by atoms with Crippen LogP contribution in [0.4, 0.5) is 8.78 Å². The minimum Gasteiger partial charge on any atom is -0.364 e. The van der Waals surface area contributed by atoms with Crippen molar-refractivity contribution in [2.75, 3.05) is 0 Å². The predicted molar refractivity (Wildman–Crippen MR) is 42.4 cm³/mol. The van der Waals surface area contributed by atoms with Gasteiger partial charge in [0.2, 0.25) is 0 Å². The molecule has 1 aromatic rings. The minimum absolute atomic E-state index is 0.129. The molecule has 0 bridgehead atoms. The molecule has 1 amide bonds. The van der Waals surface area contributed by atoms with Crippen LogP contribution in [-0.2, 0) is 0 Å². The smallest absolute Gasteiger partial charge is 0.280 e. The van der Waals surface area contributed by atoms with Crippen molar-refractivity contribution in [3.05, 3.63) is 29.1 Å². The number of aromatic nitrogens is 1. The van der Waals surface area contributed by atoms with Gasteiger partial charge >= 0.3 is 0 Å². The van der Waals surface area contributed by atoms with Crippen LogP contribution in [0, 0.1) is 6.92 Å². The number of amides is 1. The summed E-state index contributed by atoms with van der Waals surface area (Å²) in [7, 11) is 0. The van der Waals surface area contributed by atoms with Gasteiger partial charge in [0.05, 0.1) is 0 Å². The molecule has 0 saturated carbocycles. The van der Waals surface area contributed by atoms with Crippen molar-refractivity contribution in [1.29, 1.82) is 0 Å². The quantitative estimate of drug-likeness (QED) is 0.759. The second-order valence-electron chi connectivity index (χ2n) is 2.62. The summed E-state index contributed by atoms with van der Waals surface area (Å²) < 4.78 is 24.4. The lowest BCUT2D eigenvalue weighted by atomic mass is 10.2. The number of alkyl halides is 2. The number of aryl methyl sites for hydroxylation is 1. The number of pyridine rings is 1. The number of nitrogens with zero attached hydrogens (tertiary/aromatic N) is 1. The van der Waals surface area contributed by atoms with E-state index in [9.17, 15) is 13.6 Å². The van der Waals surface area contributed by atoms with Crippen LogP contribution in [-0.4, -0.2) is 10.9 Å². The molecule has 13 heavy (non-hydrogen) atoms. The molecule has 0 saturated heterocycles. The first kappa shape index (κ1) is 9.57. The van der Waals surface area contributed by atoms with Crippen LogP contribution < -0.4 is 5.73 Å². The van der Waals surface area contributed by atoms with Crippen molar-refractivity contribution in [1.82, 2.24) is 4.98 Å². The monoisotopic (exact) mass is 186 g/mol. The molecule has 70 valence electrons. The summed E-state index contributed by atoms with van der Waals surface area (Å²) in [6.07, 6.45) is -2.68. The molecule has 0 radical (unpaired) electrons. The van der Waals surface area contributed by atoms with Crippen LogP contribution in [0.5, 0.6) is 0 Å². The second-order valence-corrected chi connectivity index (χ2v) is 2.62. The van der Waals surface area contributed by atoms with Gasteiger partial charge < -0.3 is 5.73 Å². The third kappa shape index (κ3) is 2.21. The van der Waals surface area contributed by atoms with Gasteiger partial charge in [0, 0.05) is 0 Å². The van der Waals surface area contributed by atoms with E-state index in [1.165, 1.54) is 12.1 Å². The molecule has 3 nitrogen and oxygen atoms in total. The van der Waals surface area contributed by atoms with Crippen molar-refractivity contribution in [3.8, 4) is 0 Å².